The third kappa shape index (κ3) is 3.26. The topological polar surface area (TPSA) is 37.8 Å². The van der Waals surface area contributed by atoms with E-state index in [4.69, 9.17) is 0 Å². The van der Waals surface area contributed by atoms with Crippen LogP contribution in [0.15, 0.2) is 34.9 Å². The van der Waals surface area contributed by atoms with Crippen molar-refractivity contribution in [3.05, 3.63) is 52.1 Å². The van der Waals surface area contributed by atoms with Crippen molar-refractivity contribution in [3.8, 4) is 0 Å². The van der Waals surface area contributed by atoms with Crippen LogP contribution in [0, 0.1) is 12.7 Å². The number of benzene rings is 1. The standard InChI is InChI=1S/C13H13BrFN3/c1-8(10-4-3-5-11(15)6-10)16-13-7-12(14)17-9(2)18-13/h3-8H,1-2H3,(H,16,17,18). The van der Waals surface area contributed by atoms with Crippen LogP contribution in [0.3, 0.4) is 0 Å². The molecule has 0 saturated heterocycles. The molecular formula is C13H13BrFN3. The fourth-order valence-electron chi connectivity index (χ4n) is 1.69. The van der Waals surface area contributed by atoms with Gasteiger partial charge in [-0.3, -0.25) is 0 Å². The minimum absolute atomic E-state index is 0.0260. The van der Waals surface area contributed by atoms with Crippen LogP contribution in [0.25, 0.3) is 0 Å². The fourth-order valence-corrected chi connectivity index (χ4v) is 2.16. The quantitative estimate of drug-likeness (QED) is 0.875. The highest BCUT2D eigenvalue weighted by Crippen LogP contribution is 2.20. The number of nitrogens with one attached hydrogen (secondary N) is 1. The van der Waals surface area contributed by atoms with Gasteiger partial charge in [-0.05, 0) is 47.5 Å². The molecule has 0 bridgehead atoms. The molecule has 0 aliphatic rings. The molecule has 1 aromatic carbocycles. The lowest BCUT2D eigenvalue weighted by Crippen LogP contribution is -2.09. The van der Waals surface area contributed by atoms with E-state index in [1.807, 2.05) is 19.9 Å². The maximum atomic E-state index is 13.1. The Morgan fingerprint density at radius 2 is 2.06 bits per heavy atom. The summed E-state index contributed by atoms with van der Waals surface area (Å²) in [6, 6.07) is 8.29. The Labute approximate surface area is 114 Å². The van der Waals surface area contributed by atoms with Crippen LogP contribution in [0.4, 0.5) is 10.2 Å². The molecule has 1 atom stereocenters. The first-order chi connectivity index (χ1) is 8.54. The number of hydrogen-bond acceptors (Lipinski definition) is 3. The van der Waals surface area contributed by atoms with Crippen molar-refractivity contribution < 1.29 is 4.39 Å². The maximum absolute atomic E-state index is 13.1. The second kappa shape index (κ2) is 5.44. The van der Waals surface area contributed by atoms with E-state index < -0.39 is 0 Å². The Hall–Kier alpha value is -1.49. The number of nitrogens with zero attached hydrogens (tertiary/aromatic N) is 2. The molecule has 18 heavy (non-hydrogen) atoms. The molecule has 0 saturated carbocycles. The second-order valence-electron chi connectivity index (χ2n) is 4.04. The van der Waals surface area contributed by atoms with Gasteiger partial charge in [-0.1, -0.05) is 12.1 Å². The molecule has 0 aliphatic carbocycles. The average molecular weight is 310 g/mol. The number of aryl methyl sites for hydroxylation is 1. The molecule has 0 fully saturated rings. The van der Waals surface area contributed by atoms with E-state index in [1.165, 1.54) is 12.1 Å². The lowest BCUT2D eigenvalue weighted by atomic mass is 10.1. The molecule has 5 heteroatoms. The summed E-state index contributed by atoms with van der Waals surface area (Å²) in [6.07, 6.45) is 0. The van der Waals surface area contributed by atoms with Gasteiger partial charge >= 0.3 is 0 Å². The Morgan fingerprint density at radius 3 is 2.72 bits per heavy atom. The number of rotatable bonds is 3. The molecule has 1 heterocycles. The lowest BCUT2D eigenvalue weighted by Gasteiger charge is -2.15. The van der Waals surface area contributed by atoms with E-state index in [-0.39, 0.29) is 11.9 Å². The van der Waals surface area contributed by atoms with Crippen LogP contribution >= 0.6 is 15.9 Å². The molecular weight excluding hydrogens is 297 g/mol. The normalized spacial score (nSPS) is 12.2. The third-order valence-electron chi connectivity index (χ3n) is 2.52. The van der Waals surface area contributed by atoms with Gasteiger partial charge in [0.1, 0.15) is 22.1 Å². The number of aromatic nitrogens is 2. The van der Waals surface area contributed by atoms with Gasteiger partial charge in [-0.15, -0.1) is 0 Å². The summed E-state index contributed by atoms with van der Waals surface area (Å²) in [5, 5.41) is 3.22. The van der Waals surface area contributed by atoms with Crippen LogP contribution in [0.2, 0.25) is 0 Å². The van der Waals surface area contributed by atoms with E-state index in [0.717, 1.165) is 10.2 Å². The number of halogens is 2. The molecule has 0 radical (unpaired) electrons. The van der Waals surface area contributed by atoms with E-state index in [2.05, 4.69) is 31.2 Å². The molecule has 0 aliphatic heterocycles. The van der Waals surface area contributed by atoms with Crippen LogP contribution in [-0.2, 0) is 0 Å². The van der Waals surface area contributed by atoms with Crippen molar-refractivity contribution in [3.63, 3.8) is 0 Å². The zero-order valence-electron chi connectivity index (χ0n) is 10.1. The average Bonchev–Trinajstić information content (AvgIpc) is 2.27. The first kappa shape index (κ1) is 13.0. The molecule has 1 unspecified atom stereocenters. The summed E-state index contributed by atoms with van der Waals surface area (Å²) in [5.74, 6) is 1.16. The van der Waals surface area contributed by atoms with Crippen LogP contribution in [0.1, 0.15) is 24.4 Å². The van der Waals surface area contributed by atoms with Gasteiger partial charge in [0.15, 0.2) is 0 Å². The largest absolute Gasteiger partial charge is 0.363 e. The van der Waals surface area contributed by atoms with E-state index in [1.54, 1.807) is 12.1 Å². The Bertz CT molecular complexity index is 539. The van der Waals surface area contributed by atoms with Gasteiger partial charge in [-0.2, -0.15) is 0 Å². The van der Waals surface area contributed by atoms with Crippen molar-refractivity contribution in [2.24, 2.45) is 0 Å². The number of hydrogen-bond donors (Lipinski definition) is 1. The Balaban J connectivity index is 2.18. The summed E-state index contributed by atoms with van der Waals surface area (Å²) in [5.41, 5.74) is 0.877. The smallest absolute Gasteiger partial charge is 0.131 e. The summed E-state index contributed by atoms with van der Waals surface area (Å²) in [7, 11) is 0. The van der Waals surface area contributed by atoms with E-state index >= 15 is 0 Å². The van der Waals surface area contributed by atoms with E-state index in [0.29, 0.717) is 11.6 Å². The SMILES string of the molecule is Cc1nc(Br)cc(NC(C)c2cccc(F)c2)n1. The zero-order valence-corrected chi connectivity index (χ0v) is 11.7. The van der Waals surface area contributed by atoms with Crippen molar-refractivity contribution in [2.75, 3.05) is 5.32 Å². The van der Waals surface area contributed by atoms with Crippen LogP contribution in [0.5, 0.6) is 0 Å². The minimum Gasteiger partial charge on any atom is -0.363 e. The monoisotopic (exact) mass is 309 g/mol. The van der Waals surface area contributed by atoms with Gasteiger partial charge in [0, 0.05) is 6.07 Å². The predicted octanol–water partition coefficient (Wildman–Crippen LogP) is 3.86. The van der Waals surface area contributed by atoms with Gasteiger partial charge in [0.05, 0.1) is 6.04 Å². The maximum Gasteiger partial charge on any atom is 0.131 e. The fraction of sp³-hybridized carbons (Fsp3) is 0.231. The first-order valence-electron chi connectivity index (χ1n) is 5.58. The lowest BCUT2D eigenvalue weighted by molar-refractivity contribution is 0.623. The number of anilines is 1. The highest BCUT2D eigenvalue weighted by atomic mass is 79.9. The summed E-state index contributed by atoms with van der Waals surface area (Å²) in [6.45, 7) is 3.78. The molecule has 0 amide bonds. The summed E-state index contributed by atoms with van der Waals surface area (Å²) in [4.78, 5) is 8.41. The van der Waals surface area contributed by atoms with Gasteiger partial charge < -0.3 is 5.32 Å². The van der Waals surface area contributed by atoms with Crippen molar-refractivity contribution in [1.82, 2.24) is 9.97 Å². The summed E-state index contributed by atoms with van der Waals surface area (Å²) >= 11 is 3.32. The Kier molecular flexibility index (Phi) is 3.91. The van der Waals surface area contributed by atoms with Gasteiger partial charge in [0.25, 0.3) is 0 Å². The molecule has 2 aromatic rings. The first-order valence-corrected chi connectivity index (χ1v) is 6.37. The predicted molar refractivity (Wildman–Crippen MR) is 72.9 cm³/mol. The highest BCUT2D eigenvalue weighted by Gasteiger charge is 2.08. The Morgan fingerprint density at radius 1 is 1.28 bits per heavy atom. The van der Waals surface area contributed by atoms with E-state index in [9.17, 15) is 4.39 Å². The molecule has 0 spiro atoms. The van der Waals surface area contributed by atoms with Gasteiger partial charge in [0.2, 0.25) is 0 Å². The van der Waals surface area contributed by atoms with Crippen LogP contribution in [-0.4, -0.2) is 9.97 Å². The van der Waals surface area contributed by atoms with Crippen molar-refractivity contribution in [1.29, 1.82) is 0 Å². The van der Waals surface area contributed by atoms with Crippen molar-refractivity contribution in [2.45, 2.75) is 19.9 Å². The third-order valence-corrected chi connectivity index (χ3v) is 2.93. The molecule has 1 N–H and O–H groups in total. The second-order valence-corrected chi connectivity index (χ2v) is 4.86. The molecule has 2 rings (SSSR count). The molecule has 1 aromatic heterocycles. The van der Waals surface area contributed by atoms with Crippen LogP contribution < -0.4 is 5.32 Å². The minimum atomic E-state index is -0.235. The molecule has 94 valence electrons. The highest BCUT2D eigenvalue weighted by molar-refractivity contribution is 9.10. The molecule has 3 nitrogen and oxygen atoms in total. The summed E-state index contributed by atoms with van der Waals surface area (Å²) < 4.78 is 13.9. The van der Waals surface area contributed by atoms with Crippen molar-refractivity contribution >= 4 is 21.7 Å². The zero-order chi connectivity index (χ0) is 13.1. The van der Waals surface area contributed by atoms with Gasteiger partial charge in [-0.25, -0.2) is 14.4 Å².